The third-order valence-corrected chi connectivity index (χ3v) is 6.14. The predicted molar refractivity (Wildman–Crippen MR) is 118 cm³/mol. The van der Waals surface area contributed by atoms with E-state index in [9.17, 15) is 0 Å². The first kappa shape index (κ1) is 20.1. The van der Waals surface area contributed by atoms with Crippen LogP contribution in [0.5, 0.6) is 0 Å². The van der Waals surface area contributed by atoms with E-state index in [0.29, 0.717) is 0 Å². The Labute approximate surface area is 168 Å². The average molecular weight is 377 g/mol. The highest BCUT2D eigenvalue weighted by Crippen LogP contribution is 2.22. The Hall–Kier alpha value is -2.62. The molecule has 4 heterocycles. The number of hydrogen-bond acceptors (Lipinski definition) is 2. The highest BCUT2D eigenvalue weighted by Gasteiger charge is 2.11. The second-order valence-electron chi connectivity index (χ2n) is 8.03. The van der Waals surface area contributed by atoms with Crippen LogP contribution in [0.4, 0.5) is 0 Å². The zero-order valence-corrected chi connectivity index (χ0v) is 18.9. The van der Waals surface area contributed by atoms with E-state index in [2.05, 4.69) is 100 Å². The molecule has 0 aliphatic carbocycles. The second kappa shape index (κ2) is 7.08. The number of hydrogen-bond donors (Lipinski definition) is 0. The molecule has 28 heavy (non-hydrogen) atoms. The van der Waals surface area contributed by atoms with E-state index >= 15 is 0 Å². The molecule has 4 aromatic heterocycles. The van der Waals surface area contributed by atoms with Crippen molar-refractivity contribution in [1.82, 2.24) is 18.8 Å². The molecule has 0 fully saturated rings. The summed E-state index contributed by atoms with van der Waals surface area (Å²) < 4.78 is 4.55. The zero-order chi connectivity index (χ0) is 20.9. The fourth-order valence-corrected chi connectivity index (χ4v) is 3.97. The van der Waals surface area contributed by atoms with Gasteiger partial charge in [0.05, 0.1) is 33.8 Å². The molecule has 4 nitrogen and oxygen atoms in total. The van der Waals surface area contributed by atoms with E-state index in [1.807, 2.05) is 0 Å². The Morgan fingerprint density at radius 2 is 1.18 bits per heavy atom. The standard InChI is InChI=1S/2C12H16N2/c1-7-6-12-9(3)13-8(2)11(5)14(12)10(7)4;1-7-6-14-11(5)9(3)13-10(4)12(14)8(7)2/h2*6H,1-5H3. The molecule has 4 rings (SSSR count). The fraction of sp³-hybridized carbons (Fsp3) is 0.417. The molecule has 0 unspecified atom stereocenters. The van der Waals surface area contributed by atoms with Gasteiger partial charge >= 0.3 is 0 Å². The number of rotatable bonds is 0. The minimum atomic E-state index is 1.12. The molecule has 148 valence electrons. The molecule has 0 atom stereocenters. The van der Waals surface area contributed by atoms with Crippen molar-refractivity contribution in [3.05, 3.63) is 68.8 Å². The Morgan fingerprint density at radius 1 is 0.607 bits per heavy atom. The third kappa shape index (κ3) is 3.11. The first-order valence-electron chi connectivity index (χ1n) is 9.89. The lowest BCUT2D eigenvalue weighted by Gasteiger charge is -2.08. The topological polar surface area (TPSA) is 34.6 Å². The molecule has 0 N–H and O–H groups in total. The van der Waals surface area contributed by atoms with Gasteiger partial charge in [0.15, 0.2) is 0 Å². The number of fused-ring (bicyclic) bond motifs is 2. The summed E-state index contributed by atoms with van der Waals surface area (Å²) in [5.41, 5.74) is 14.8. The summed E-state index contributed by atoms with van der Waals surface area (Å²) in [7, 11) is 0. The summed E-state index contributed by atoms with van der Waals surface area (Å²) in [5.74, 6) is 0. The van der Waals surface area contributed by atoms with Crippen molar-refractivity contribution in [1.29, 1.82) is 0 Å². The Kier molecular flexibility index (Phi) is 5.09. The SMILES string of the molecule is Cc1cc2c(C)nc(C)c(C)n2c1C.Cc1cn2c(C)c(C)nc(C)c2c1C. The van der Waals surface area contributed by atoms with Gasteiger partial charge in [0.2, 0.25) is 0 Å². The monoisotopic (exact) mass is 376 g/mol. The maximum atomic E-state index is 4.55. The molecule has 0 bridgehead atoms. The van der Waals surface area contributed by atoms with Gasteiger partial charge in [-0.2, -0.15) is 0 Å². The van der Waals surface area contributed by atoms with Gasteiger partial charge in [-0.1, -0.05) is 0 Å². The summed E-state index contributed by atoms with van der Waals surface area (Å²) in [6.45, 7) is 21.1. The van der Waals surface area contributed by atoms with Crippen molar-refractivity contribution in [2.24, 2.45) is 0 Å². The van der Waals surface area contributed by atoms with Crippen molar-refractivity contribution in [2.75, 3.05) is 0 Å². The minimum absolute atomic E-state index is 1.12. The normalized spacial score (nSPS) is 11.2. The molecule has 4 aromatic rings. The maximum absolute atomic E-state index is 4.55. The van der Waals surface area contributed by atoms with Crippen LogP contribution in [0.25, 0.3) is 11.0 Å². The third-order valence-electron chi connectivity index (χ3n) is 6.14. The number of aryl methyl sites for hydroxylation is 10. The molecule has 0 aromatic carbocycles. The number of nitrogens with zero attached hydrogens (tertiary/aromatic N) is 4. The van der Waals surface area contributed by atoms with Gasteiger partial charge in [0.1, 0.15) is 0 Å². The molecular weight excluding hydrogens is 344 g/mol. The van der Waals surface area contributed by atoms with Gasteiger partial charge in [-0.05, 0) is 92.0 Å². The van der Waals surface area contributed by atoms with E-state index < -0.39 is 0 Å². The van der Waals surface area contributed by atoms with Gasteiger partial charge in [-0.15, -0.1) is 0 Å². The maximum Gasteiger partial charge on any atom is 0.0698 e. The lowest BCUT2D eigenvalue weighted by molar-refractivity contribution is 0.947. The van der Waals surface area contributed by atoms with Gasteiger partial charge in [0, 0.05) is 23.3 Å². The van der Waals surface area contributed by atoms with Crippen molar-refractivity contribution >= 4 is 11.0 Å². The van der Waals surface area contributed by atoms with Crippen LogP contribution in [0.3, 0.4) is 0 Å². The van der Waals surface area contributed by atoms with Crippen LogP contribution in [-0.4, -0.2) is 18.8 Å². The van der Waals surface area contributed by atoms with Crippen LogP contribution in [0.1, 0.15) is 56.5 Å². The second-order valence-corrected chi connectivity index (χ2v) is 8.03. The van der Waals surface area contributed by atoms with E-state index in [1.165, 1.54) is 44.8 Å². The molecule has 0 aliphatic rings. The summed E-state index contributed by atoms with van der Waals surface area (Å²) in [4.78, 5) is 9.09. The Balaban J connectivity index is 0.000000161. The molecular formula is C24H32N4. The van der Waals surface area contributed by atoms with Gasteiger partial charge in [0.25, 0.3) is 0 Å². The largest absolute Gasteiger partial charge is 0.317 e. The van der Waals surface area contributed by atoms with Crippen molar-refractivity contribution in [2.45, 2.75) is 69.2 Å². The molecule has 0 spiro atoms. The average Bonchev–Trinajstić information content (AvgIpc) is 3.09. The quantitative estimate of drug-likeness (QED) is 0.391. The van der Waals surface area contributed by atoms with Crippen LogP contribution in [0.2, 0.25) is 0 Å². The van der Waals surface area contributed by atoms with Crippen LogP contribution in [-0.2, 0) is 0 Å². The molecule has 0 radical (unpaired) electrons. The fourth-order valence-electron chi connectivity index (χ4n) is 3.97. The summed E-state index contributed by atoms with van der Waals surface area (Å²) >= 11 is 0. The lowest BCUT2D eigenvalue weighted by atomic mass is 10.2. The molecule has 0 saturated carbocycles. The zero-order valence-electron chi connectivity index (χ0n) is 18.9. The summed E-state index contributed by atoms with van der Waals surface area (Å²) in [5, 5.41) is 0. The predicted octanol–water partition coefficient (Wildman–Crippen LogP) is 5.75. The molecule has 0 amide bonds. The van der Waals surface area contributed by atoms with Crippen LogP contribution in [0.15, 0.2) is 12.3 Å². The molecule has 0 saturated heterocycles. The summed E-state index contributed by atoms with van der Waals surface area (Å²) in [6.07, 6.45) is 2.20. The number of aromatic nitrogens is 4. The summed E-state index contributed by atoms with van der Waals surface area (Å²) in [6, 6.07) is 2.21. The smallest absolute Gasteiger partial charge is 0.0698 e. The van der Waals surface area contributed by atoms with Crippen molar-refractivity contribution in [3.63, 3.8) is 0 Å². The van der Waals surface area contributed by atoms with Crippen LogP contribution in [0, 0.1) is 69.2 Å². The van der Waals surface area contributed by atoms with E-state index in [-0.39, 0.29) is 0 Å². The Morgan fingerprint density at radius 3 is 1.82 bits per heavy atom. The highest BCUT2D eigenvalue weighted by atomic mass is 15.0. The van der Waals surface area contributed by atoms with Crippen molar-refractivity contribution < 1.29 is 0 Å². The molecule has 4 heteroatoms. The van der Waals surface area contributed by atoms with Gasteiger partial charge in [-0.3, -0.25) is 9.97 Å². The first-order valence-corrected chi connectivity index (χ1v) is 9.89. The van der Waals surface area contributed by atoms with E-state index in [1.54, 1.807) is 0 Å². The molecule has 0 aliphatic heterocycles. The highest BCUT2D eigenvalue weighted by molar-refractivity contribution is 5.62. The van der Waals surface area contributed by atoms with Crippen molar-refractivity contribution in [3.8, 4) is 0 Å². The van der Waals surface area contributed by atoms with Gasteiger partial charge in [-0.25, -0.2) is 0 Å². The lowest BCUT2D eigenvalue weighted by Crippen LogP contribution is -2.01. The Bertz CT molecular complexity index is 1210. The van der Waals surface area contributed by atoms with Gasteiger partial charge < -0.3 is 8.80 Å². The van der Waals surface area contributed by atoms with Crippen LogP contribution < -0.4 is 0 Å². The first-order chi connectivity index (χ1) is 13.0. The van der Waals surface area contributed by atoms with E-state index in [4.69, 9.17) is 0 Å². The van der Waals surface area contributed by atoms with E-state index in [0.717, 1.165) is 22.8 Å². The minimum Gasteiger partial charge on any atom is -0.317 e. The van der Waals surface area contributed by atoms with Crippen LogP contribution >= 0.6 is 0 Å².